The first-order valence-corrected chi connectivity index (χ1v) is 14.7. The predicted octanol–water partition coefficient (Wildman–Crippen LogP) is 3.05. The van der Waals surface area contributed by atoms with Crippen LogP contribution in [0.25, 0.3) is 10.8 Å². The number of anilines is 1. The van der Waals surface area contributed by atoms with E-state index in [0.717, 1.165) is 35.0 Å². The summed E-state index contributed by atoms with van der Waals surface area (Å²) in [5.74, 6) is 0.405. The number of ether oxygens (including phenoxy) is 2. The van der Waals surface area contributed by atoms with Gasteiger partial charge >= 0.3 is 6.03 Å². The third-order valence-electron chi connectivity index (χ3n) is 9.66. The maximum atomic E-state index is 14.4. The third kappa shape index (κ3) is 4.20. The molecule has 0 saturated carbocycles. The Hall–Kier alpha value is -3.86. The van der Waals surface area contributed by atoms with Gasteiger partial charge in [-0.2, -0.15) is 0 Å². The molecular formula is C32H37N5O5. The Morgan fingerprint density at radius 3 is 2.57 bits per heavy atom. The number of benzene rings is 3. The number of aromatic hydroxyl groups is 1. The van der Waals surface area contributed by atoms with Crippen LogP contribution in [0.4, 0.5) is 10.5 Å². The molecule has 4 heterocycles. The predicted molar refractivity (Wildman–Crippen MR) is 158 cm³/mol. The Labute approximate surface area is 245 Å². The summed E-state index contributed by atoms with van der Waals surface area (Å²) in [6, 6.07) is 17.0. The number of carbonyl (C=O) groups is 2. The number of amides is 3. The Bertz CT molecular complexity index is 1540. The molecule has 0 radical (unpaired) electrons. The van der Waals surface area contributed by atoms with Gasteiger partial charge in [0.05, 0.1) is 26.4 Å². The molecule has 0 aromatic heterocycles. The van der Waals surface area contributed by atoms with Gasteiger partial charge < -0.3 is 25.2 Å². The van der Waals surface area contributed by atoms with Gasteiger partial charge in [-0.05, 0) is 41.1 Å². The van der Waals surface area contributed by atoms with Crippen LogP contribution in [0.2, 0.25) is 0 Å². The van der Waals surface area contributed by atoms with Gasteiger partial charge in [-0.25, -0.2) is 4.79 Å². The molecular weight excluding hydrogens is 534 g/mol. The van der Waals surface area contributed by atoms with Crippen molar-refractivity contribution in [2.75, 3.05) is 65.3 Å². The van der Waals surface area contributed by atoms with Gasteiger partial charge in [0.2, 0.25) is 0 Å². The minimum atomic E-state index is -0.927. The number of fused-ring (bicyclic) bond motifs is 1. The molecule has 10 nitrogen and oxygen atoms in total. The van der Waals surface area contributed by atoms with E-state index in [4.69, 9.17) is 15.2 Å². The number of hydrogen-bond donors (Lipinski definition) is 2. The van der Waals surface area contributed by atoms with Crippen LogP contribution in [-0.4, -0.2) is 102 Å². The first kappa shape index (κ1) is 27.0. The number of imide groups is 1. The highest BCUT2D eigenvalue weighted by atomic mass is 16.5. The van der Waals surface area contributed by atoms with Gasteiger partial charge in [0, 0.05) is 62.8 Å². The third-order valence-corrected chi connectivity index (χ3v) is 9.66. The van der Waals surface area contributed by atoms with Crippen molar-refractivity contribution in [1.29, 1.82) is 0 Å². The van der Waals surface area contributed by atoms with E-state index in [1.165, 1.54) is 12.0 Å². The highest BCUT2D eigenvalue weighted by Crippen LogP contribution is 2.55. The molecule has 7 rings (SSSR count). The van der Waals surface area contributed by atoms with Crippen molar-refractivity contribution in [1.82, 2.24) is 19.6 Å². The van der Waals surface area contributed by atoms with Crippen molar-refractivity contribution in [2.45, 2.75) is 24.5 Å². The van der Waals surface area contributed by atoms with Crippen molar-refractivity contribution in [3.05, 3.63) is 65.7 Å². The van der Waals surface area contributed by atoms with Crippen LogP contribution in [0, 0.1) is 5.92 Å². The molecule has 3 atom stereocenters. The van der Waals surface area contributed by atoms with Crippen molar-refractivity contribution in [3.63, 3.8) is 0 Å². The highest BCUT2D eigenvalue weighted by molar-refractivity contribution is 6.09. The van der Waals surface area contributed by atoms with Gasteiger partial charge in [0.1, 0.15) is 5.54 Å². The normalized spacial score (nSPS) is 26.3. The van der Waals surface area contributed by atoms with Crippen LogP contribution in [0.15, 0.2) is 54.6 Å². The first-order chi connectivity index (χ1) is 20.4. The second kappa shape index (κ2) is 10.4. The summed E-state index contributed by atoms with van der Waals surface area (Å²) in [6.07, 6.45) is 0.701. The van der Waals surface area contributed by atoms with E-state index >= 15 is 0 Å². The second-order valence-electron chi connectivity index (χ2n) is 11.9. The molecule has 3 aromatic rings. The summed E-state index contributed by atoms with van der Waals surface area (Å²) >= 11 is 0. The minimum Gasteiger partial charge on any atom is -0.504 e. The number of likely N-dealkylation sites (tertiary alicyclic amines) is 1. The number of carbonyl (C=O) groups excluding carboxylic acids is 2. The molecule has 220 valence electrons. The van der Waals surface area contributed by atoms with Gasteiger partial charge in [-0.15, -0.1) is 0 Å². The number of methoxy groups -OCH3 is 1. The standard InChI is InChI=1S/C32H37N5O5/c1-41-29-9-6-21(16-28(29)38)18-35-19-22-17-27(25-7-8-26(33)24-5-3-2-4-23(24)25)37-31(40)36(30(39)32(22,37)20-35)11-10-34-12-14-42-15-13-34/h2-9,16,22,27,38H,10-15,17-20,33H2,1H3. The zero-order valence-corrected chi connectivity index (χ0v) is 23.9. The lowest BCUT2D eigenvalue weighted by molar-refractivity contribution is -0.133. The van der Waals surface area contributed by atoms with E-state index in [-0.39, 0.29) is 29.6 Å². The number of phenolic OH excluding ortho intramolecular Hbond substituents is 1. The molecule has 4 aliphatic rings. The number of morpholine rings is 1. The lowest BCUT2D eigenvalue weighted by atomic mass is 9.87. The molecule has 3 unspecified atom stereocenters. The summed E-state index contributed by atoms with van der Waals surface area (Å²) in [4.78, 5) is 36.6. The van der Waals surface area contributed by atoms with Gasteiger partial charge in [0.15, 0.2) is 11.5 Å². The van der Waals surface area contributed by atoms with E-state index < -0.39 is 5.54 Å². The molecule has 42 heavy (non-hydrogen) atoms. The van der Waals surface area contributed by atoms with Gasteiger partial charge in [-0.3, -0.25) is 19.5 Å². The summed E-state index contributed by atoms with van der Waals surface area (Å²) < 4.78 is 10.7. The van der Waals surface area contributed by atoms with Crippen molar-refractivity contribution >= 4 is 28.4 Å². The van der Waals surface area contributed by atoms with E-state index in [2.05, 4.69) is 15.9 Å². The van der Waals surface area contributed by atoms with Crippen LogP contribution >= 0.6 is 0 Å². The van der Waals surface area contributed by atoms with E-state index in [0.29, 0.717) is 63.8 Å². The summed E-state index contributed by atoms with van der Waals surface area (Å²) in [5.41, 5.74) is 8.08. The zero-order valence-electron chi connectivity index (χ0n) is 23.9. The lowest BCUT2D eigenvalue weighted by Crippen LogP contribution is -2.51. The number of nitrogens with two attached hydrogens (primary N) is 1. The van der Waals surface area contributed by atoms with Crippen molar-refractivity contribution in [3.8, 4) is 11.5 Å². The lowest BCUT2D eigenvalue weighted by Gasteiger charge is -2.32. The molecule has 4 aliphatic heterocycles. The summed E-state index contributed by atoms with van der Waals surface area (Å²) in [5, 5.41) is 12.3. The largest absolute Gasteiger partial charge is 0.504 e. The van der Waals surface area contributed by atoms with Crippen LogP contribution in [0.3, 0.4) is 0 Å². The Kier molecular flexibility index (Phi) is 6.72. The van der Waals surface area contributed by atoms with Crippen LogP contribution in [0.5, 0.6) is 11.5 Å². The smallest absolute Gasteiger partial charge is 0.328 e. The summed E-state index contributed by atoms with van der Waals surface area (Å²) in [6.45, 7) is 5.64. The quantitative estimate of drug-likeness (QED) is 0.329. The fraction of sp³-hybridized carbons (Fsp3) is 0.438. The maximum Gasteiger partial charge on any atom is 0.328 e. The molecule has 0 aliphatic carbocycles. The van der Waals surface area contributed by atoms with E-state index in [1.54, 1.807) is 12.1 Å². The van der Waals surface area contributed by atoms with Crippen molar-refractivity contribution < 1.29 is 24.2 Å². The molecule has 3 aromatic carbocycles. The number of hydrogen-bond acceptors (Lipinski definition) is 8. The van der Waals surface area contributed by atoms with Crippen LogP contribution < -0.4 is 10.5 Å². The number of nitrogens with zero attached hydrogens (tertiary/aromatic N) is 4. The molecule has 3 amide bonds. The fourth-order valence-electron chi connectivity index (χ4n) is 7.67. The SMILES string of the molecule is COc1ccc(CN2CC3CC(c4ccc(N)c5ccccc45)N4C(=O)N(CCN5CCOCC5)C(=O)C34C2)cc1O. The van der Waals surface area contributed by atoms with Gasteiger partial charge in [-0.1, -0.05) is 36.4 Å². The molecule has 3 N–H and O–H groups in total. The van der Waals surface area contributed by atoms with E-state index in [9.17, 15) is 14.7 Å². The first-order valence-electron chi connectivity index (χ1n) is 14.7. The molecule has 4 saturated heterocycles. The molecule has 0 bridgehead atoms. The number of urea groups is 1. The van der Waals surface area contributed by atoms with Crippen LogP contribution in [0.1, 0.15) is 23.6 Å². The average Bonchev–Trinajstić information content (AvgIpc) is 3.57. The monoisotopic (exact) mass is 571 g/mol. The highest BCUT2D eigenvalue weighted by Gasteiger charge is 2.70. The van der Waals surface area contributed by atoms with Crippen LogP contribution in [-0.2, 0) is 16.1 Å². The zero-order chi connectivity index (χ0) is 29.0. The molecule has 1 spiro atoms. The number of rotatable bonds is 7. The molecule has 10 heteroatoms. The Balaban J connectivity index is 1.22. The minimum absolute atomic E-state index is 0.0181. The average molecular weight is 572 g/mol. The fourth-order valence-corrected chi connectivity index (χ4v) is 7.67. The Morgan fingerprint density at radius 1 is 1.02 bits per heavy atom. The Morgan fingerprint density at radius 2 is 1.81 bits per heavy atom. The van der Waals surface area contributed by atoms with Gasteiger partial charge in [0.25, 0.3) is 5.91 Å². The number of nitrogen functional groups attached to an aromatic ring is 1. The van der Waals surface area contributed by atoms with Crippen molar-refractivity contribution in [2.24, 2.45) is 5.92 Å². The topological polar surface area (TPSA) is 112 Å². The maximum absolute atomic E-state index is 14.4. The number of phenols is 1. The van der Waals surface area contributed by atoms with E-state index in [1.807, 2.05) is 41.3 Å². The summed E-state index contributed by atoms with van der Waals surface area (Å²) in [7, 11) is 1.53. The molecule has 4 fully saturated rings. The second-order valence-corrected chi connectivity index (χ2v) is 11.9.